The van der Waals surface area contributed by atoms with Crippen LogP contribution >= 0.6 is 0 Å². The van der Waals surface area contributed by atoms with E-state index in [4.69, 9.17) is 0 Å². The molecule has 0 saturated carbocycles. The Morgan fingerprint density at radius 3 is 2.09 bits per heavy atom. The smallest absolute Gasteiger partial charge is 0.211 e. The van der Waals surface area contributed by atoms with Crippen molar-refractivity contribution in [2.45, 2.75) is 0 Å². The van der Waals surface area contributed by atoms with Gasteiger partial charge in [-0.05, 0) is 40.1 Å². The van der Waals surface area contributed by atoms with Gasteiger partial charge in [0.1, 0.15) is 0 Å². The van der Waals surface area contributed by atoms with Crippen molar-refractivity contribution in [3.8, 4) is 16.8 Å². The zero-order chi connectivity index (χ0) is 14.8. The highest BCUT2D eigenvalue weighted by molar-refractivity contribution is 5.83. The minimum atomic E-state index is 1.17. The molecule has 0 atom stereocenters. The molecule has 2 aromatic carbocycles. The van der Waals surface area contributed by atoms with Crippen LogP contribution in [0.1, 0.15) is 0 Å². The third kappa shape index (κ3) is 2.35. The summed E-state index contributed by atoms with van der Waals surface area (Å²) in [5.41, 5.74) is 3.54. The minimum absolute atomic E-state index is 1.17. The standard InChI is InChI=1S/C20H15N2/c1-2-4-19-15-20(6-5-16(19)3-1)22-13-9-18(10-14-22)17-7-11-21-12-8-17/h1-15H/q+1. The maximum atomic E-state index is 4.06. The predicted octanol–water partition coefficient (Wildman–Crippen LogP) is 4.18. The van der Waals surface area contributed by atoms with E-state index in [0.717, 1.165) is 0 Å². The van der Waals surface area contributed by atoms with E-state index in [9.17, 15) is 0 Å². The number of aromatic nitrogens is 2. The molecule has 0 aliphatic carbocycles. The van der Waals surface area contributed by atoms with Crippen LogP contribution in [0, 0.1) is 0 Å². The highest BCUT2D eigenvalue weighted by atomic mass is 14.9. The van der Waals surface area contributed by atoms with Gasteiger partial charge in [0.05, 0.1) is 0 Å². The Hall–Kier alpha value is -3.00. The second-order valence-corrected chi connectivity index (χ2v) is 5.26. The van der Waals surface area contributed by atoms with Gasteiger partial charge < -0.3 is 0 Å². The van der Waals surface area contributed by atoms with E-state index < -0.39 is 0 Å². The minimum Gasteiger partial charge on any atom is -0.265 e. The van der Waals surface area contributed by atoms with Gasteiger partial charge in [0, 0.05) is 36.7 Å². The van der Waals surface area contributed by atoms with E-state index in [1.807, 2.05) is 24.5 Å². The van der Waals surface area contributed by atoms with Crippen molar-refractivity contribution in [3.05, 3.63) is 91.5 Å². The molecule has 0 spiro atoms. The van der Waals surface area contributed by atoms with Crippen molar-refractivity contribution in [3.63, 3.8) is 0 Å². The molecule has 0 aliphatic rings. The first kappa shape index (κ1) is 12.7. The number of rotatable bonds is 2. The first-order chi connectivity index (χ1) is 10.9. The summed E-state index contributed by atoms with van der Waals surface area (Å²) in [5.74, 6) is 0. The summed E-state index contributed by atoms with van der Waals surface area (Å²) in [7, 11) is 0. The van der Waals surface area contributed by atoms with Crippen molar-refractivity contribution in [2.24, 2.45) is 0 Å². The summed E-state index contributed by atoms with van der Waals surface area (Å²) < 4.78 is 2.14. The summed E-state index contributed by atoms with van der Waals surface area (Å²) in [4.78, 5) is 4.06. The second kappa shape index (κ2) is 5.41. The molecule has 2 nitrogen and oxygen atoms in total. The maximum Gasteiger partial charge on any atom is 0.211 e. The van der Waals surface area contributed by atoms with Crippen LogP contribution < -0.4 is 4.57 Å². The van der Waals surface area contributed by atoms with Crippen molar-refractivity contribution in [1.82, 2.24) is 4.98 Å². The van der Waals surface area contributed by atoms with Crippen LogP contribution in [0.15, 0.2) is 91.5 Å². The molecule has 0 saturated heterocycles. The van der Waals surface area contributed by atoms with E-state index in [0.29, 0.717) is 0 Å². The van der Waals surface area contributed by atoms with E-state index >= 15 is 0 Å². The number of benzene rings is 2. The molecule has 104 valence electrons. The van der Waals surface area contributed by atoms with E-state index in [1.54, 1.807) is 0 Å². The van der Waals surface area contributed by atoms with Gasteiger partial charge in [-0.25, -0.2) is 0 Å². The quantitative estimate of drug-likeness (QED) is 0.504. The molecule has 0 fully saturated rings. The molecule has 0 amide bonds. The monoisotopic (exact) mass is 283 g/mol. The van der Waals surface area contributed by atoms with Crippen LogP contribution in [0.5, 0.6) is 0 Å². The van der Waals surface area contributed by atoms with Crippen LogP contribution in [0.25, 0.3) is 27.6 Å². The Labute approximate surface area is 129 Å². The molecule has 4 rings (SSSR count). The molecular formula is C20H15N2+. The average Bonchev–Trinajstić information content (AvgIpc) is 2.62. The fraction of sp³-hybridized carbons (Fsp3) is 0. The Bertz CT molecular complexity index is 913. The lowest BCUT2D eigenvalue weighted by Crippen LogP contribution is -2.28. The number of fused-ring (bicyclic) bond motifs is 1. The van der Waals surface area contributed by atoms with E-state index in [-0.39, 0.29) is 0 Å². The molecule has 0 bridgehead atoms. The van der Waals surface area contributed by atoms with Crippen LogP contribution in [0.2, 0.25) is 0 Å². The zero-order valence-corrected chi connectivity index (χ0v) is 12.1. The van der Waals surface area contributed by atoms with Gasteiger partial charge in [-0.15, -0.1) is 0 Å². The van der Waals surface area contributed by atoms with Crippen LogP contribution in [0.4, 0.5) is 0 Å². The fourth-order valence-electron chi connectivity index (χ4n) is 2.67. The fourth-order valence-corrected chi connectivity index (χ4v) is 2.67. The molecule has 0 aliphatic heterocycles. The topological polar surface area (TPSA) is 16.8 Å². The van der Waals surface area contributed by atoms with Crippen molar-refractivity contribution in [1.29, 1.82) is 0 Å². The Balaban J connectivity index is 1.73. The summed E-state index contributed by atoms with van der Waals surface area (Å²) in [6.45, 7) is 0. The van der Waals surface area contributed by atoms with Gasteiger partial charge in [0.25, 0.3) is 0 Å². The first-order valence-corrected chi connectivity index (χ1v) is 7.31. The Morgan fingerprint density at radius 2 is 1.32 bits per heavy atom. The Morgan fingerprint density at radius 1 is 0.636 bits per heavy atom. The second-order valence-electron chi connectivity index (χ2n) is 5.26. The molecule has 4 aromatic rings. The van der Waals surface area contributed by atoms with Gasteiger partial charge in [-0.1, -0.05) is 24.3 Å². The highest BCUT2D eigenvalue weighted by Crippen LogP contribution is 2.18. The van der Waals surface area contributed by atoms with E-state index in [1.165, 1.54) is 27.6 Å². The number of hydrogen-bond donors (Lipinski definition) is 0. The molecule has 0 N–H and O–H groups in total. The highest BCUT2D eigenvalue weighted by Gasteiger charge is 2.07. The average molecular weight is 283 g/mol. The predicted molar refractivity (Wildman–Crippen MR) is 88.7 cm³/mol. The maximum absolute atomic E-state index is 4.06. The van der Waals surface area contributed by atoms with Gasteiger partial charge in [-0.2, -0.15) is 4.57 Å². The molecular weight excluding hydrogens is 268 g/mol. The molecule has 2 aromatic heterocycles. The lowest BCUT2D eigenvalue weighted by Gasteiger charge is -2.02. The molecule has 0 radical (unpaired) electrons. The van der Waals surface area contributed by atoms with E-state index in [2.05, 4.69) is 76.5 Å². The summed E-state index contributed by atoms with van der Waals surface area (Å²) >= 11 is 0. The van der Waals surface area contributed by atoms with Crippen molar-refractivity contribution >= 4 is 10.8 Å². The largest absolute Gasteiger partial charge is 0.265 e. The van der Waals surface area contributed by atoms with Crippen molar-refractivity contribution in [2.75, 3.05) is 0 Å². The third-order valence-electron chi connectivity index (χ3n) is 3.87. The first-order valence-electron chi connectivity index (χ1n) is 7.31. The van der Waals surface area contributed by atoms with Gasteiger partial charge in [0.15, 0.2) is 12.4 Å². The number of pyridine rings is 2. The SMILES string of the molecule is c1ccc2cc(-[n+]3ccc(-c4ccncc4)cc3)ccc2c1. The Kier molecular flexibility index (Phi) is 3.13. The number of hydrogen-bond acceptors (Lipinski definition) is 1. The number of nitrogens with zero attached hydrogens (tertiary/aromatic N) is 2. The van der Waals surface area contributed by atoms with Crippen LogP contribution in [-0.2, 0) is 0 Å². The molecule has 22 heavy (non-hydrogen) atoms. The van der Waals surface area contributed by atoms with Crippen LogP contribution in [0.3, 0.4) is 0 Å². The summed E-state index contributed by atoms with van der Waals surface area (Å²) in [6, 6.07) is 23.2. The lowest BCUT2D eigenvalue weighted by atomic mass is 10.1. The molecule has 0 unspecified atom stereocenters. The third-order valence-corrected chi connectivity index (χ3v) is 3.87. The van der Waals surface area contributed by atoms with Crippen molar-refractivity contribution < 1.29 is 4.57 Å². The summed E-state index contributed by atoms with van der Waals surface area (Å²) in [6.07, 6.45) is 7.83. The molecule has 2 heterocycles. The van der Waals surface area contributed by atoms with Gasteiger partial charge in [0.2, 0.25) is 5.69 Å². The van der Waals surface area contributed by atoms with Gasteiger partial charge >= 0.3 is 0 Å². The lowest BCUT2D eigenvalue weighted by molar-refractivity contribution is -0.595. The van der Waals surface area contributed by atoms with Gasteiger partial charge in [-0.3, -0.25) is 4.98 Å². The normalized spacial score (nSPS) is 10.7. The zero-order valence-electron chi connectivity index (χ0n) is 12.1. The molecule has 2 heteroatoms. The van der Waals surface area contributed by atoms with Crippen LogP contribution in [-0.4, -0.2) is 4.98 Å². The summed E-state index contributed by atoms with van der Waals surface area (Å²) in [5, 5.41) is 2.52.